The molecule has 3 aromatic rings. The summed E-state index contributed by atoms with van der Waals surface area (Å²) in [6.45, 7) is 2.38. The number of piperazine rings is 1. The van der Waals surface area contributed by atoms with Crippen LogP contribution in [0.3, 0.4) is 0 Å². The van der Waals surface area contributed by atoms with Crippen LogP contribution in [-0.2, 0) is 4.79 Å². The number of anilines is 1. The van der Waals surface area contributed by atoms with Crippen LogP contribution in [0.5, 0.6) is 0 Å². The van der Waals surface area contributed by atoms with Gasteiger partial charge in [-0.25, -0.2) is 18.2 Å². The molecule has 2 heterocycles. The first-order valence-corrected chi connectivity index (χ1v) is 11.5. The van der Waals surface area contributed by atoms with Gasteiger partial charge in [-0.2, -0.15) is 0 Å². The van der Waals surface area contributed by atoms with Crippen molar-refractivity contribution in [3.63, 3.8) is 0 Å². The topological polar surface area (TPSA) is 36.4 Å². The average Bonchev–Trinajstić information content (AvgIpc) is 3.17. The van der Waals surface area contributed by atoms with Crippen molar-refractivity contribution in [1.82, 2.24) is 9.88 Å². The highest BCUT2D eigenvalue weighted by Crippen LogP contribution is 2.31. The van der Waals surface area contributed by atoms with Gasteiger partial charge < -0.3 is 9.80 Å². The first kappa shape index (κ1) is 21.0. The van der Waals surface area contributed by atoms with Gasteiger partial charge in [0.05, 0.1) is 4.70 Å². The summed E-state index contributed by atoms with van der Waals surface area (Å²) in [6.07, 6.45) is 1.23. The van der Waals surface area contributed by atoms with E-state index in [0.717, 1.165) is 23.1 Å². The van der Waals surface area contributed by atoms with E-state index in [1.165, 1.54) is 29.5 Å². The molecular formula is C21H20F3N3OS2. The van der Waals surface area contributed by atoms with Crippen LogP contribution in [0.1, 0.15) is 12.8 Å². The number of hydrogen-bond donors (Lipinski definition) is 0. The van der Waals surface area contributed by atoms with Gasteiger partial charge in [0.1, 0.15) is 17.2 Å². The molecule has 4 rings (SSSR count). The van der Waals surface area contributed by atoms with Gasteiger partial charge in [0, 0.05) is 43.6 Å². The SMILES string of the molecule is O=C(CCCSc1ccc(F)cc1)N1CCN(c2nc3c(F)cc(F)cc3s2)CC1. The summed E-state index contributed by atoms with van der Waals surface area (Å²) in [7, 11) is 0. The van der Waals surface area contributed by atoms with Crippen molar-refractivity contribution in [2.75, 3.05) is 36.8 Å². The molecule has 0 N–H and O–H groups in total. The summed E-state index contributed by atoms with van der Waals surface area (Å²) in [4.78, 5) is 21.6. The summed E-state index contributed by atoms with van der Waals surface area (Å²) in [5.74, 6) is -0.600. The molecule has 4 nitrogen and oxygen atoms in total. The molecule has 0 unspecified atom stereocenters. The Bertz CT molecular complexity index is 1030. The standard InChI is InChI=1S/C21H20F3N3OS2/c22-14-3-5-16(6-4-14)29-11-1-2-19(28)26-7-9-27(10-8-26)21-25-20-17(24)12-15(23)13-18(20)30-21/h3-6,12-13H,1-2,7-11H2. The van der Waals surface area contributed by atoms with E-state index in [2.05, 4.69) is 4.98 Å². The van der Waals surface area contributed by atoms with Gasteiger partial charge in [-0.05, 0) is 42.5 Å². The number of carbonyl (C=O) groups is 1. The van der Waals surface area contributed by atoms with Gasteiger partial charge in [-0.15, -0.1) is 11.8 Å². The second-order valence-electron chi connectivity index (χ2n) is 7.00. The molecule has 9 heteroatoms. The molecular weight excluding hydrogens is 431 g/mol. The minimum Gasteiger partial charge on any atom is -0.345 e. The Hall–Kier alpha value is -2.26. The maximum absolute atomic E-state index is 13.9. The number of fused-ring (bicyclic) bond motifs is 1. The van der Waals surface area contributed by atoms with Gasteiger partial charge in [0.2, 0.25) is 5.91 Å². The van der Waals surface area contributed by atoms with Crippen LogP contribution in [0.25, 0.3) is 10.2 Å². The number of aromatic nitrogens is 1. The Morgan fingerprint density at radius 3 is 2.50 bits per heavy atom. The van der Waals surface area contributed by atoms with E-state index in [9.17, 15) is 18.0 Å². The maximum Gasteiger partial charge on any atom is 0.222 e. The van der Waals surface area contributed by atoms with E-state index < -0.39 is 11.6 Å². The van der Waals surface area contributed by atoms with E-state index >= 15 is 0 Å². The number of thiazole rings is 1. The monoisotopic (exact) mass is 451 g/mol. The fraction of sp³-hybridized carbons (Fsp3) is 0.333. The lowest BCUT2D eigenvalue weighted by molar-refractivity contribution is -0.131. The molecule has 0 bridgehead atoms. The van der Waals surface area contributed by atoms with Gasteiger partial charge in [0.15, 0.2) is 10.9 Å². The first-order valence-electron chi connectivity index (χ1n) is 9.66. The number of nitrogens with zero attached hydrogens (tertiary/aromatic N) is 3. The van der Waals surface area contributed by atoms with Crippen LogP contribution in [0, 0.1) is 17.5 Å². The van der Waals surface area contributed by atoms with Crippen molar-refractivity contribution < 1.29 is 18.0 Å². The number of benzene rings is 2. The van der Waals surface area contributed by atoms with Crippen molar-refractivity contribution in [3.8, 4) is 0 Å². The molecule has 0 saturated carbocycles. The smallest absolute Gasteiger partial charge is 0.222 e. The molecule has 0 aliphatic carbocycles. The highest BCUT2D eigenvalue weighted by molar-refractivity contribution is 7.99. The number of carbonyl (C=O) groups excluding carboxylic acids is 1. The van der Waals surface area contributed by atoms with Gasteiger partial charge >= 0.3 is 0 Å². The second-order valence-corrected chi connectivity index (χ2v) is 9.18. The maximum atomic E-state index is 13.9. The van der Waals surface area contributed by atoms with E-state index in [1.807, 2.05) is 9.80 Å². The van der Waals surface area contributed by atoms with Crippen LogP contribution in [0.4, 0.5) is 18.3 Å². The van der Waals surface area contributed by atoms with Crippen molar-refractivity contribution in [2.45, 2.75) is 17.7 Å². The fourth-order valence-electron chi connectivity index (χ4n) is 3.33. The number of hydrogen-bond acceptors (Lipinski definition) is 5. The van der Waals surface area contributed by atoms with Crippen LogP contribution in [-0.4, -0.2) is 47.7 Å². The highest BCUT2D eigenvalue weighted by Gasteiger charge is 2.23. The molecule has 158 valence electrons. The Morgan fingerprint density at radius 2 is 1.77 bits per heavy atom. The molecule has 0 atom stereocenters. The molecule has 30 heavy (non-hydrogen) atoms. The van der Waals surface area contributed by atoms with Crippen LogP contribution in [0.15, 0.2) is 41.3 Å². The lowest BCUT2D eigenvalue weighted by Gasteiger charge is -2.34. The Kier molecular flexibility index (Phi) is 6.48. The summed E-state index contributed by atoms with van der Waals surface area (Å²) < 4.78 is 40.7. The zero-order chi connectivity index (χ0) is 21.1. The molecule has 0 radical (unpaired) electrons. The average molecular weight is 452 g/mol. The molecule has 0 spiro atoms. The number of amides is 1. The van der Waals surface area contributed by atoms with Crippen molar-refractivity contribution >= 4 is 44.4 Å². The Morgan fingerprint density at radius 1 is 1.03 bits per heavy atom. The highest BCUT2D eigenvalue weighted by atomic mass is 32.2. The van der Waals surface area contributed by atoms with Crippen molar-refractivity contribution in [1.29, 1.82) is 0 Å². The second kappa shape index (κ2) is 9.26. The number of rotatable bonds is 6. The third-order valence-electron chi connectivity index (χ3n) is 4.92. The van der Waals surface area contributed by atoms with Crippen molar-refractivity contribution in [3.05, 3.63) is 53.8 Å². The van der Waals surface area contributed by atoms with Gasteiger partial charge in [-0.1, -0.05) is 11.3 Å². The van der Waals surface area contributed by atoms with Crippen LogP contribution >= 0.6 is 23.1 Å². The van der Waals surface area contributed by atoms with E-state index in [4.69, 9.17) is 0 Å². The zero-order valence-corrected chi connectivity index (χ0v) is 17.7. The Balaban J connectivity index is 1.24. The molecule has 1 amide bonds. The third kappa shape index (κ3) is 4.89. The Labute approximate surface area is 180 Å². The molecule has 1 fully saturated rings. The largest absolute Gasteiger partial charge is 0.345 e. The van der Waals surface area contributed by atoms with Crippen molar-refractivity contribution in [2.24, 2.45) is 0 Å². The first-order chi connectivity index (χ1) is 14.5. The third-order valence-corrected chi connectivity index (χ3v) is 7.08. The summed E-state index contributed by atoms with van der Waals surface area (Å²) >= 11 is 2.87. The summed E-state index contributed by atoms with van der Waals surface area (Å²) in [5.41, 5.74) is 0.188. The molecule has 1 aliphatic rings. The lowest BCUT2D eigenvalue weighted by atomic mass is 10.2. The van der Waals surface area contributed by atoms with Crippen LogP contribution in [0.2, 0.25) is 0 Å². The predicted molar refractivity (Wildman–Crippen MR) is 115 cm³/mol. The molecule has 1 aromatic heterocycles. The fourth-order valence-corrected chi connectivity index (χ4v) is 5.24. The predicted octanol–water partition coefficient (Wildman–Crippen LogP) is 4.93. The quantitative estimate of drug-likeness (QED) is 0.393. The van der Waals surface area contributed by atoms with Gasteiger partial charge in [-0.3, -0.25) is 4.79 Å². The van der Waals surface area contributed by atoms with E-state index in [-0.39, 0.29) is 17.2 Å². The minimum absolute atomic E-state index is 0.117. The summed E-state index contributed by atoms with van der Waals surface area (Å²) in [6, 6.07) is 8.49. The lowest BCUT2D eigenvalue weighted by Crippen LogP contribution is -2.48. The normalized spacial score (nSPS) is 14.5. The van der Waals surface area contributed by atoms with Crippen LogP contribution < -0.4 is 4.90 Å². The zero-order valence-electron chi connectivity index (χ0n) is 16.1. The molecule has 1 saturated heterocycles. The van der Waals surface area contributed by atoms with E-state index in [1.54, 1.807) is 23.9 Å². The van der Waals surface area contributed by atoms with Gasteiger partial charge in [0.25, 0.3) is 0 Å². The summed E-state index contributed by atoms with van der Waals surface area (Å²) in [5, 5.41) is 0.650. The van der Waals surface area contributed by atoms with E-state index in [0.29, 0.717) is 42.4 Å². The number of thioether (sulfide) groups is 1. The molecule has 2 aromatic carbocycles. The minimum atomic E-state index is -0.653. The number of halogens is 3. The molecule has 1 aliphatic heterocycles.